The summed E-state index contributed by atoms with van der Waals surface area (Å²) in [5, 5.41) is 0. The van der Waals surface area contributed by atoms with Gasteiger partial charge in [-0.25, -0.2) is 18.4 Å². The molecule has 2 aliphatic rings. The van der Waals surface area contributed by atoms with E-state index in [0.717, 1.165) is 66.0 Å². The molecule has 2 aliphatic heterocycles. The van der Waals surface area contributed by atoms with E-state index in [1.54, 1.807) is 12.1 Å². The van der Waals surface area contributed by atoms with Gasteiger partial charge in [0.25, 0.3) is 0 Å². The van der Waals surface area contributed by atoms with Gasteiger partial charge < -0.3 is 14.4 Å². The second-order valence-electron chi connectivity index (χ2n) is 11.6. The number of aryl methyl sites for hydroxylation is 2. The number of fused-ring (bicyclic) bond motifs is 1. The molecular weight excluding hydrogens is 482 g/mol. The molecule has 0 saturated carbocycles. The van der Waals surface area contributed by atoms with Crippen LogP contribution in [0.2, 0.25) is 0 Å². The number of nitrogens with zero attached hydrogens (tertiary/aromatic N) is 5. The first kappa shape index (κ1) is 26.3. The molecule has 0 bridgehead atoms. The Morgan fingerprint density at radius 2 is 1.62 bits per heavy atom. The van der Waals surface area contributed by atoms with Gasteiger partial charge in [0.1, 0.15) is 11.3 Å². The number of benzene rings is 1. The number of likely N-dealkylation sites (tertiary alicyclic amines) is 2. The molecule has 0 spiro atoms. The van der Waals surface area contributed by atoms with Gasteiger partial charge in [0, 0.05) is 43.1 Å². The summed E-state index contributed by atoms with van der Waals surface area (Å²) in [7, 11) is -1.23. The molecule has 0 atom stereocenters. The van der Waals surface area contributed by atoms with E-state index in [1.807, 2.05) is 23.7 Å². The van der Waals surface area contributed by atoms with Gasteiger partial charge in [-0.05, 0) is 101 Å². The predicted octanol–water partition coefficient (Wildman–Crippen LogP) is 4.65. The zero-order valence-corrected chi connectivity index (χ0v) is 23.8. The summed E-state index contributed by atoms with van der Waals surface area (Å²) in [6.45, 7) is 12.8. The Labute approximate surface area is 221 Å². The van der Waals surface area contributed by atoms with Crippen molar-refractivity contribution in [2.75, 3.05) is 39.0 Å². The highest BCUT2D eigenvalue weighted by Crippen LogP contribution is 2.33. The Balaban J connectivity index is 1.29. The fourth-order valence-corrected chi connectivity index (χ4v) is 6.82. The molecule has 0 unspecified atom stereocenters. The lowest BCUT2D eigenvalue weighted by Crippen LogP contribution is -2.48. The molecule has 200 valence electrons. The maximum Gasteiger partial charge on any atom is 0.175 e. The monoisotopic (exact) mass is 523 g/mol. The zero-order valence-electron chi connectivity index (χ0n) is 22.9. The van der Waals surface area contributed by atoms with Crippen LogP contribution in [0.3, 0.4) is 0 Å². The largest absolute Gasteiger partial charge is 0.312 e. The average Bonchev–Trinajstić information content (AvgIpc) is 3.21. The first-order chi connectivity index (χ1) is 17.6. The van der Waals surface area contributed by atoms with Gasteiger partial charge in [-0.15, -0.1) is 0 Å². The summed E-state index contributed by atoms with van der Waals surface area (Å²) in [4.78, 5) is 15.7. The molecule has 0 amide bonds. The van der Waals surface area contributed by atoms with Gasteiger partial charge >= 0.3 is 0 Å². The number of hydrogen-bond donors (Lipinski definition) is 0. The Morgan fingerprint density at radius 3 is 2.22 bits per heavy atom. The highest BCUT2D eigenvalue weighted by Gasteiger charge is 2.30. The van der Waals surface area contributed by atoms with Crippen LogP contribution in [-0.4, -0.2) is 77.8 Å². The van der Waals surface area contributed by atoms with Crippen LogP contribution in [0.1, 0.15) is 56.7 Å². The summed E-state index contributed by atoms with van der Waals surface area (Å²) in [5.41, 5.74) is 5.03. The number of aromatic nitrogens is 3. The molecule has 0 aliphatic carbocycles. The molecule has 0 radical (unpaired) electrons. The van der Waals surface area contributed by atoms with Crippen LogP contribution < -0.4 is 0 Å². The van der Waals surface area contributed by atoms with E-state index >= 15 is 0 Å². The summed E-state index contributed by atoms with van der Waals surface area (Å²) in [6, 6.07) is 9.93. The molecular formula is C29H41N5O2S. The van der Waals surface area contributed by atoms with Crippen molar-refractivity contribution in [1.29, 1.82) is 0 Å². The third-order valence-corrected chi connectivity index (χ3v) is 9.35. The fraction of sp³-hybridized carbons (Fsp3) is 0.586. The summed E-state index contributed by atoms with van der Waals surface area (Å²) < 4.78 is 25.7. The molecule has 7 nitrogen and oxygen atoms in total. The molecule has 2 aromatic heterocycles. The van der Waals surface area contributed by atoms with Gasteiger partial charge in [-0.2, -0.15) is 0 Å². The molecule has 2 fully saturated rings. The van der Waals surface area contributed by atoms with Crippen LogP contribution in [0.25, 0.3) is 22.6 Å². The van der Waals surface area contributed by atoms with E-state index in [-0.39, 0.29) is 0 Å². The lowest BCUT2D eigenvalue weighted by Gasteiger charge is -2.42. The third kappa shape index (κ3) is 5.61. The van der Waals surface area contributed by atoms with Crippen LogP contribution in [0, 0.1) is 12.8 Å². The smallest absolute Gasteiger partial charge is 0.175 e. The van der Waals surface area contributed by atoms with Crippen molar-refractivity contribution in [2.24, 2.45) is 13.0 Å². The minimum Gasteiger partial charge on any atom is -0.312 e. The van der Waals surface area contributed by atoms with E-state index < -0.39 is 9.84 Å². The molecule has 5 rings (SSSR count). The highest BCUT2D eigenvalue weighted by molar-refractivity contribution is 7.90. The second-order valence-corrected chi connectivity index (χ2v) is 13.6. The number of pyridine rings is 1. The number of hydrogen-bond acceptors (Lipinski definition) is 6. The quantitative estimate of drug-likeness (QED) is 0.469. The van der Waals surface area contributed by atoms with Crippen LogP contribution in [0.4, 0.5) is 0 Å². The lowest BCUT2D eigenvalue weighted by molar-refractivity contribution is 0.0825. The Kier molecular flexibility index (Phi) is 7.44. The van der Waals surface area contributed by atoms with Crippen LogP contribution >= 0.6 is 0 Å². The standard InChI is InChI=1S/C29H41N5O2S/c1-20(2)19-33-14-12-24(13-15-33)34-16-10-22(11-17-34)26-18-21(3)27-29(30-26)32(4)28(31-27)23-6-8-25(9-7-23)37(5,35)36/h6-9,18,20,22,24H,10-17,19H2,1-5H3. The highest BCUT2D eigenvalue weighted by atomic mass is 32.2. The second kappa shape index (κ2) is 10.5. The molecule has 8 heteroatoms. The molecule has 3 aromatic rings. The molecule has 2 saturated heterocycles. The molecule has 37 heavy (non-hydrogen) atoms. The average molecular weight is 524 g/mol. The molecule has 4 heterocycles. The Bertz CT molecular complexity index is 1350. The summed E-state index contributed by atoms with van der Waals surface area (Å²) >= 11 is 0. The van der Waals surface area contributed by atoms with E-state index in [0.29, 0.717) is 10.8 Å². The van der Waals surface area contributed by atoms with Crippen LogP contribution in [-0.2, 0) is 16.9 Å². The Morgan fingerprint density at radius 1 is 0.973 bits per heavy atom. The van der Waals surface area contributed by atoms with E-state index in [9.17, 15) is 8.42 Å². The summed E-state index contributed by atoms with van der Waals surface area (Å²) in [5.74, 6) is 2.03. The number of imidazole rings is 1. The van der Waals surface area contributed by atoms with Crippen molar-refractivity contribution in [3.05, 3.63) is 41.6 Å². The number of rotatable bonds is 6. The Hall–Kier alpha value is -2.29. The fourth-order valence-electron chi connectivity index (χ4n) is 6.19. The van der Waals surface area contributed by atoms with E-state index in [2.05, 4.69) is 36.6 Å². The minimum absolute atomic E-state index is 0.319. The van der Waals surface area contributed by atoms with Crippen molar-refractivity contribution in [2.45, 2.75) is 63.3 Å². The van der Waals surface area contributed by atoms with Crippen molar-refractivity contribution in [1.82, 2.24) is 24.3 Å². The SMILES string of the molecule is Cc1cc(C2CCN(C3CCN(CC(C)C)CC3)CC2)nc2c1nc(-c1ccc(S(C)(=O)=O)cc1)n2C. The maximum absolute atomic E-state index is 11.8. The molecule has 0 N–H and O–H groups in total. The predicted molar refractivity (Wildman–Crippen MR) is 150 cm³/mol. The summed E-state index contributed by atoms with van der Waals surface area (Å²) in [6.07, 6.45) is 6.13. The van der Waals surface area contributed by atoms with E-state index in [4.69, 9.17) is 9.97 Å². The van der Waals surface area contributed by atoms with E-state index in [1.165, 1.54) is 44.4 Å². The van der Waals surface area contributed by atoms with Gasteiger partial charge in [0.2, 0.25) is 0 Å². The molecule has 1 aromatic carbocycles. The van der Waals surface area contributed by atoms with Crippen LogP contribution in [0.15, 0.2) is 35.2 Å². The lowest BCUT2D eigenvalue weighted by atomic mass is 9.90. The zero-order chi connectivity index (χ0) is 26.3. The normalized spacial score (nSPS) is 19.3. The van der Waals surface area contributed by atoms with Gasteiger partial charge in [0.15, 0.2) is 15.5 Å². The van der Waals surface area contributed by atoms with Crippen molar-refractivity contribution >= 4 is 21.0 Å². The minimum atomic E-state index is -3.22. The number of sulfone groups is 1. The van der Waals surface area contributed by atoms with Gasteiger partial charge in [-0.3, -0.25) is 0 Å². The maximum atomic E-state index is 11.8. The third-order valence-electron chi connectivity index (χ3n) is 8.22. The van der Waals surface area contributed by atoms with Crippen molar-refractivity contribution < 1.29 is 8.42 Å². The number of piperidine rings is 2. The van der Waals surface area contributed by atoms with Crippen molar-refractivity contribution in [3.8, 4) is 11.4 Å². The van der Waals surface area contributed by atoms with Gasteiger partial charge in [0.05, 0.1) is 4.90 Å². The van der Waals surface area contributed by atoms with Crippen molar-refractivity contribution in [3.63, 3.8) is 0 Å². The van der Waals surface area contributed by atoms with Gasteiger partial charge in [-0.1, -0.05) is 13.8 Å². The first-order valence-electron chi connectivity index (χ1n) is 13.7. The van der Waals surface area contributed by atoms with Crippen LogP contribution in [0.5, 0.6) is 0 Å². The first-order valence-corrected chi connectivity index (χ1v) is 15.6. The topological polar surface area (TPSA) is 71.3 Å².